The Labute approximate surface area is 65.9 Å². The summed E-state index contributed by atoms with van der Waals surface area (Å²) in [4.78, 5) is 2.10. The van der Waals surface area contributed by atoms with Gasteiger partial charge in [0.1, 0.15) is 12.9 Å². The standard InChI is InChI=1S/C8H10N3/c1-7-5-10(2)6-11-8(7)3-4-9-11/h3,5H,6H2,1-2H3. The molecule has 0 spiro atoms. The minimum atomic E-state index is 0.830. The molecule has 0 amide bonds. The lowest BCUT2D eigenvalue weighted by Gasteiger charge is -2.22. The molecule has 0 fully saturated rings. The molecule has 0 N–H and O–H groups in total. The second kappa shape index (κ2) is 2.12. The molecular weight excluding hydrogens is 138 g/mol. The number of hydrogen-bond acceptors (Lipinski definition) is 2. The second-order valence-electron chi connectivity index (χ2n) is 2.87. The van der Waals surface area contributed by atoms with Crippen molar-refractivity contribution in [2.75, 3.05) is 7.05 Å². The third-order valence-electron chi connectivity index (χ3n) is 1.83. The van der Waals surface area contributed by atoms with Crippen molar-refractivity contribution in [1.82, 2.24) is 14.7 Å². The fourth-order valence-electron chi connectivity index (χ4n) is 1.36. The van der Waals surface area contributed by atoms with Gasteiger partial charge in [0, 0.05) is 13.2 Å². The van der Waals surface area contributed by atoms with Crippen LogP contribution in [-0.4, -0.2) is 21.7 Å². The maximum absolute atomic E-state index is 4.07. The van der Waals surface area contributed by atoms with Gasteiger partial charge in [-0.2, -0.15) is 5.10 Å². The Hall–Kier alpha value is -1.25. The molecule has 0 unspecified atom stereocenters. The minimum Gasteiger partial charge on any atom is -0.361 e. The Morgan fingerprint density at radius 3 is 3.27 bits per heavy atom. The molecule has 2 heterocycles. The van der Waals surface area contributed by atoms with Gasteiger partial charge in [0.05, 0.1) is 5.69 Å². The molecule has 2 rings (SSSR count). The molecule has 0 bridgehead atoms. The van der Waals surface area contributed by atoms with Gasteiger partial charge in [-0.15, -0.1) is 0 Å². The molecule has 1 aliphatic heterocycles. The first kappa shape index (κ1) is 6.46. The summed E-state index contributed by atoms with van der Waals surface area (Å²) in [6.07, 6.45) is 4.95. The number of fused-ring (bicyclic) bond motifs is 1. The van der Waals surface area contributed by atoms with Crippen LogP contribution in [0.1, 0.15) is 12.6 Å². The van der Waals surface area contributed by atoms with E-state index in [1.54, 1.807) is 0 Å². The van der Waals surface area contributed by atoms with E-state index in [-0.39, 0.29) is 0 Å². The van der Waals surface area contributed by atoms with Crippen LogP contribution in [0.2, 0.25) is 0 Å². The van der Waals surface area contributed by atoms with Crippen LogP contribution in [0.3, 0.4) is 0 Å². The third kappa shape index (κ3) is 0.926. The van der Waals surface area contributed by atoms with E-state index in [0.717, 1.165) is 6.67 Å². The molecule has 3 nitrogen and oxygen atoms in total. The van der Waals surface area contributed by atoms with Crippen molar-refractivity contribution in [3.63, 3.8) is 0 Å². The monoisotopic (exact) mass is 148 g/mol. The molecule has 57 valence electrons. The van der Waals surface area contributed by atoms with Crippen molar-refractivity contribution in [1.29, 1.82) is 0 Å². The van der Waals surface area contributed by atoms with E-state index in [0.29, 0.717) is 0 Å². The van der Waals surface area contributed by atoms with Gasteiger partial charge in [0.25, 0.3) is 0 Å². The highest BCUT2D eigenvalue weighted by molar-refractivity contribution is 5.60. The molecule has 1 radical (unpaired) electrons. The molecule has 3 heteroatoms. The van der Waals surface area contributed by atoms with Crippen LogP contribution in [0.4, 0.5) is 0 Å². The molecular formula is C8H10N3. The molecule has 0 saturated heterocycles. The lowest BCUT2D eigenvalue weighted by atomic mass is 10.2. The topological polar surface area (TPSA) is 21.1 Å². The zero-order chi connectivity index (χ0) is 7.84. The number of nitrogens with zero attached hydrogens (tertiary/aromatic N) is 3. The molecule has 0 atom stereocenters. The summed E-state index contributed by atoms with van der Waals surface area (Å²) < 4.78 is 1.94. The van der Waals surface area contributed by atoms with Gasteiger partial charge in [0.15, 0.2) is 0 Å². The molecule has 0 aromatic carbocycles. The van der Waals surface area contributed by atoms with E-state index in [1.165, 1.54) is 11.3 Å². The summed E-state index contributed by atoms with van der Waals surface area (Å²) in [6, 6.07) is 1.92. The Morgan fingerprint density at radius 2 is 2.45 bits per heavy atom. The fourth-order valence-corrected chi connectivity index (χ4v) is 1.36. The predicted molar refractivity (Wildman–Crippen MR) is 42.5 cm³/mol. The average Bonchev–Trinajstić information content (AvgIpc) is 2.34. The highest BCUT2D eigenvalue weighted by Crippen LogP contribution is 2.17. The first-order valence-corrected chi connectivity index (χ1v) is 3.60. The van der Waals surface area contributed by atoms with Gasteiger partial charge in [-0.25, -0.2) is 4.68 Å². The van der Waals surface area contributed by atoms with Gasteiger partial charge in [-0.3, -0.25) is 0 Å². The second-order valence-corrected chi connectivity index (χ2v) is 2.87. The van der Waals surface area contributed by atoms with E-state index in [1.807, 2.05) is 17.8 Å². The fraction of sp³-hybridized carbons (Fsp3) is 0.375. The van der Waals surface area contributed by atoms with Crippen LogP contribution in [0.15, 0.2) is 12.3 Å². The highest BCUT2D eigenvalue weighted by atomic mass is 15.4. The first-order chi connectivity index (χ1) is 5.27. The van der Waals surface area contributed by atoms with Crippen LogP contribution >= 0.6 is 0 Å². The third-order valence-corrected chi connectivity index (χ3v) is 1.83. The van der Waals surface area contributed by atoms with E-state index >= 15 is 0 Å². The highest BCUT2D eigenvalue weighted by Gasteiger charge is 2.10. The Bertz CT molecular complexity index is 298. The van der Waals surface area contributed by atoms with Gasteiger partial charge in [0.2, 0.25) is 0 Å². The number of hydrogen-bond donors (Lipinski definition) is 0. The van der Waals surface area contributed by atoms with Crippen molar-refractivity contribution in [3.05, 3.63) is 24.2 Å². The van der Waals surface area contributed by atoms with Crippen LogP contribution in [0.25, 0.3) is 5.57 Å². The van der Waals surface area contributed by atoms with Gasteiger partial charge in [-0.1, -0.05) is 0 Å². The molecule has 0 saturated carbocycles. The van der Waals surface area contributed by atoms with Crippen LogP contribution in [-0.2, 0) is 6.67 Å². The van der Waals surface area contributed by atoms with Crippen LogP contribution in [0, 0.1) is 6.20 Å². The molecule has 1 aliphatic rings. The van der Waals surface area contributed by atoms with Crippen LogP contribution in [0.5, 0.6) is 0 Å². The smallest absolute Gasteiger partial charge is 0.113 e. The van der Waals surface area contributed by atoms with E-state index in [4.69, 9.17) is 0 Å². The summed E-state index contributed by atoms with van der Waals surface area (Å²) in [6.45, 7) is 2.91. The van der Waals surface area contributed by atoms with Crippen molar-refractivity contribution >= 4 is 5.57 Å². The van der Waals surface area contributed by atoms with Crippen LogP contribution < -0.4 is 0 Å². The minimum absolute atomic E-state index is 0.830. The van der Waals surface area contributed by atoms with Crippen molar-refractivity contribution in [2.45, 2.75) is 13.6 Å². The average molecular weight is 148 g/mol. The predicted octanol–water partition coefficient (Wildman–Crippen LogP) is 0.947. The largest absolute Gasteiger partial charge is 0.361 e. The summed E-state index contributed by atoms with van der Waals surface area (Å²) >= 11 is 0. The van der Waals surface area contributed by atoms with Gasteiger partial charge >= 0.3 is 0 Å². The van der Waals surface area contributed by atoms with E-state index < -0.39 is 0 Å². The van der Waals surface area contributed by atoms with Crippen molar-refractivity contribution < 1.29 is 0 Å². The number of allylic oxidation sites excluding steroid dienone is 1. The molecule has 1 aromatic rings. The Balaban J connectivity index is 2.50. The van der Waals surface area contributed by atoms with Crippen molar-refractivity contribution in [3.8, 4) is 0 Å². The number of aromatic nitrogens is 2. The van der Waals surface area contributed by atoms with Gasteiger partial charge in [-0.05, 0) is 18.6 Å². The molecule has 1 aromatic heterocycles. The zero-order valence-corrected chi connectivity index (χ0v) is 6.70. The Morgan fingerprint density at radius 1 is 1.64 bits per heavy atom. The lowest BCUT2D eigenvalue weighted by molar-refractivity contribution is 0.330. The number of rotatable bonds is 0. The first-order valence-electron chi connectivity index (χ1n) is 3.60. The Kier molecular flexibility index (Phi) is 1.24. The lowest BCUT2D eigenvalue weighted by Crippen LogP contribution is -2.22. The summed E-state index contributed by atoms with van der Waals surface area (Å²) in [5.41, 5.74) is 2.41. The SMILES string of the molecule is CC1=CN(C)Cn2n[c]cc21. The zero-order valence-electron chi connectivity index (χ0n) is 6.70. The van der Waals surface area contributed by atoms with E-state index in [2.05, 4.69) is 29.3 Å². The van der Waals surface area contributed by atoms with Crippen molar-refractivity contribution in [2.24, 2.45) is 0 Å². The van der Waals surface area contributed by atoms with E-state index in [9.17, 15) is 0 Å². The molecule has 0 aliphatic carbocycles. The molecule has 11 heavy (non-hydrogen) atoms. The summed E-state index contributed by atoms with van der Waals surface area (Å²) in [7, 11) is 2.04. The maximum atomic E-state index is 4.07. The summed E-state index contributed by atoms with van der Waals surface area (Å²) in [5.74, 6) is 0. The normalized spacial score (nSPS) is 16.2. The van der Waals surface area contributed by atoms with Gasteiger partial charge < -0.3 is 4.90 Å². The quantitative estimate of drug-likeness (QED) is 0.546. The maximum Gasteiger partial charge on any atom is 0.113 e. The summed E-state index contributed by atoms with van der Waals surface area (Å²) in [5, 5.41) is 4.07.